The number of halogens is 1. The Morgan fingerprint density at radius 2 is 2.05 bits per heavy atom. The highest BCUT2D eigenvalue weighted by Gasteiger charge is 2.32. The van der Waals surface area contributed by atoms with Crippen LogP contribution in [-0.2, 0) is 11.2 Å². The van der Waals surface area contributed by atoms with Crippen molar-refractivity contribution in [3.05, 3.63) is 35.1 Å². The van der Waals surface area contributed by atoms with E-state index in [2.05, 4.69) is 0 Å². The quantitative estimate of drug-likeness (QED) is 0.724. The van der Waals surface area contributed by atoms with E-state index in [1.54, 1.807) is 20.8 Å². The second kappa shape index (κ2) is 4.64. The fourth-order valence-corrected chi connectivity index (χ4v) is 1.95. The highest BCUT2D eigenvalue weighted by atomic mass is 19.1. The van der Waals surface area contributed by atoms with Gasteiger partial charge in [-0.1, -0.05) is 0 Å². The topological polar surface area (TPSA) is 46.6 Å². The lowest BCUT2D eigenvalue weighted by Gasteiger charge is -2.29. The first kappa shape index (κ1) is 13.5. The van der Waals surface area contributed by atoms with Crippen LogP contribution in [0.3, 0.4) is 0 Å². The van der Waals surface area contributed by atoms with Gasteiger partial charge in [0.15, 0.2) is 0 Å². The van der Waals surface area contributed by atoms with Crippen molar-refractivity contribution in [2.75, 3.05) is 6.54 Å². The van der Waals surface area contributed by atoms with E-state index in [-0.39, 0.29) is 12.4 Å². The van der Waals surface area contributed by atoms with Crippen LogP contribution in [0.4, 0.5) is 9.18 Å². The standard InChI is InChI=1S/C14H16FNO3/c1-14(2,3)19-13(18)16-7-6-9-8-10(15)4-5-11(9)12(16)17/h4-5,8H,6-7H2,1-3H3. The molecule has 0 radical (unpaired) electrons. The monoisotopic (exact) mass is 265 g/mol. The third-order valence-corrected chi connectivity index (χ3v) is 2.76. The number of fused-ring (bicyclic) bond motifs is 1. The minimum atomic E-state index is -0.660. The lowest BCUT2D eigenvalue weighted by molar-refractivity contribution is 0.0233. The number of carbonyl (C=O) groups is 2. The van der Waals surface area contributed by atoms with Gasteiger partial charge in [0.25, 0.3) is 5.91 Å². The van der Waals surface area contributed by atoms with Crippen LogP contribution < -0.4 is 0 Å². The van der Waals surface area contributed by atoms with Crippen molar-refractivity contribution in [3.63, 3.8) is 0 Å². The molecule has 0 fully saturated rings. The largest absolute Gasteiger partial charge is 0.443 e. The molecule has 0 aromatic heterocycles. The predicted octanol–water partition coefficient (Wildman–Crippen LogP) is 2.76. The summed E-state index contributed by atoms with van der Waals surface area (Å²) in [5, 5.41) is 0. The fourth-order valence-electron chi connectivity index (χ4n) is 1.95. The van der Waals surface area contributed by atoms with Crippen molar-refractivity contribution in [1.29, 1.82) is 0 Å². The maximum Gasteiger partial charge on any atom is 0.417 e. The van der Waals surface area contributed by atoms with E-state index in [0.717, 1.165) is 4.90 Å². The van der Waals surface area contributed by atoms with E-state index < -0.39 is 17.6 Å². The van der Waals surface area contributed by atoms with Gasteiger partial charge < -0.3 is 4.74 Å². The van der Waals surface area contributed by atoms with Crippen LogP contribution in [0.1, 0.15) is 36.7 Å². The van der Waals surface area contributed by atoms with E-state index in [0.29, 0.717) is 17.5 Å². The van der Waals surface area contributed by atoms with Crippen molar-refractivity contribution < 1.29 is 18.7 Å². The molecule has 19 heavy (non-hydrogen) atoms. The summed E-state index contributed by atoms with van der Waals surface area (Å²) in [6, 6.07) is 3.96. The molecule has 0 atom stereocenters. The number of carbonyl (C=O) groups excluding carboxylic acids is 2. The normalized spacial score (nSPS) is 15.2. The molecule has 0 saturated heterocycles. The first-order valence-electron chi connectivity index (χ1n) is 6.11. The summed E-state index contributed by atoms with van der Waals surface area (Å²) >= 11 is 0. The van der Waals surface area contributed by atoms with Crippen molar-refractivity contribution in [2.24, 2.45) is 0 Å². The van der Waals surface area contributed by atoms with Crippen molar-refractivity contribution in [2.45, 2.75) is 32.8 Å². The van der Waals surface area contributed by atoms with Crippen LogP contribution in [0.5, 0.6) is 0 Å². The Morgan fingerprint density at radius 1 is 1.37 bits per heavy atom. The number of benzene rings is 1. The zero-order chi connectivity index (χ0) is 14.2. The molecule has 0 N–H and O–H groups in total. The van der Waals surface area contributed by atoms with Gasteiger partial charge in [0.1, 0.15) is 11.4 Å². The number of hydrogen-bond acceptors (Lipinski definition) is 3. The van der Waals surface area contributed by atoms with Gasteiger partial charge in [-0.3, -0.25) is 4.79 Å². The molecule has 0 bridgehead atoms. The highest BCUT2D eigenvalue weighted by Crippen LogP contribution is 2.21. The summed E-state index contributed by atoms with van der Waals surface area (Å²) in [6.07, 6.45) is -0.217. The van der Waals surface area contributed by atoms with E-state index in [1.807, 2.05) is 0 Å². The van der Waals surface area contributed by atoms with E-state index in [9.17, 15) is 14.0 Å². The Morgan fingerprint density at radius 3 is 2.68 bits per heavy atom. The van der Waals surface area contributed by atoms with Gasteiger partial charge in [-0.15, -0.1) is 0 Å². The first-order chi connectivity index (χ1) is 8.78. The van der Waals surface area contributed by atoms with Gasteiger partial charge in [0.05, 0.1) is 0 Å². The summed E-state index contributed by atoms with van der Waals surface area (Å²) in [6.45, 7) is 5.43. The average Bonchev–Trinajstić information content (AvgIpc) is 2.26. The van der Waals surface area contributed by atoms with Crippen molar-refractivity contribution in [3.8, 4) is 0 Å². The molecule has 1 aromatic rings. The van der Waals surface area contributed by atoms with Gasteiger partial charge in [-0.05, 0) is 51.0 Å². The van der Waals surface area contributed by atoms with Crippen LogP contribution in [0.25, 0.3) is 0 Å². The molecule has 0 spiro atoms. The SMILES string of the molecule is CC(C)(C)OC(=O)N1CCc2cc(F)ccc2C1=O. The molecular formula is C14H16FNO3. The minimum absolute atomic E-state index is 0.212. The average molecular weight is 265 g/mol. The molecule has 102 valence electrons. The molecule has 1 aliphatic rings. The number of nitrogens with zero attached hydrogens (tertiary/aromatic N) is 1. The van der Waals surface area contributed by atoms with E-state index >= 15 is 0 Å². The van der Waals surface area contributed by atoms with Gasteiger partial charge in [0.2, 0.25) is 0 Å². The zero-order valence-corrected chi connectivity index (χ0v) is 11.2. The Labute approximate surface area is 111 Å². The van der Waals surface area contributed by atoms with Crippen molar-refractivity contribution >= 4 is 12.0 Å². The second-order valence-corrected chi connectivity index (χ2v) is 5.49. The maximum absolute atomic E-state index is 13.1. The summed E-state index contributed by atoms with van der Waals surface area (Å²) in [7, 11) is 0. The van der Waals surface area contributed by atoms with Gasteiger partial charge >= 0.3 is 6.09 Å². The Hall–Kier alpha value is -1.91. The molecule has 2 amide bonds. The first-order valence-corrected chi connectivity index (χ1v) is 6.11. The van der Waals surface area contributed by atoms with E-state index in [4.69, 9.17) is 4.74 Å². The Bertz CT molecular complexity index is 534. The zero-order valence-electron chi connectivity index (χ0n) is 11.2. The Balaban J connectivity index is 2.22. The molecule has 0 aliphatic carbocycles. The molecule has 0 unspecified atom stereocenters. The third-order valence-electron chi connectivity index (χ3n) is 2.76. The summed E-state index contributed by atoms with van der Waals surface area (Å²) in [5.41, 5.74) is 0.337. The minimum Gasteiger partial charge on any atom is -0.443 e. The maximum atomic E-state index is 13.1. The molecule has 1 aliphatic heterocycles. The predicted molar refractivity (Wildman–Crippen MR) is 67.4 cm³/mol. The summed E-state index contributed by atoms with van der Waals surface area (Å²) in [5.74, 6) is -0.812. The molecule has 1 heterocycles. The smallest absolute Gasteiger partial charge is 0.417 e. The summed E-state index contributed by atoms with van der Waals surface area (Å²) < 4.78 is 18.3. The molecule has 1 aromatic carbocycles. The molecule has 4 nitrogen and oxygen atoms in total. The number of amides is 2. The molecule has 5 heteroatoms. The van der Waals surface area contributed by atoms with Gasteiger partial charge in [0, 0.05) is 12.1 Å². The van der Waals surface area contributed by atoms with Crippen molar-refractivity contribution in [1.82, 2.24) is 4.90 Å². The van der Waals surface area contributed by atoms with Crippen LogP contribution in [0.2, 0.25) is 0 Å². The van der Waals surface area contributed by atoms with Crippen LogP contribution in [-0.4, -0.2) is 29.0 Å². The fraction of sp³-hybridized carbons (Fsp3) is 0.429. The highest BCUT2D eigenvalue weighted by molar-refractivity contribution is 6.04. The van der Waals surface area contributed by atoms with Crippen LogP contribution >= 0.6 is 0 Å². The number of rotatable bonds is 0. The van der Waals surface area contributed by atoms with Gasteiger partial charge in [-0.2, -0.15) is 0 Å². The molecule has 2 rings (SSSR count). The number of imide groups is 1. The molecule has 0 saturated carbocycles. The molecular weight excluding hydrogens is 249 g/mol. The third kappa shape index (κ3) is 2.92. The van der Waals surface area contributed by atoms with Crippen LogP contribution in [0.15, 0.2) is 18.2 Å². The lowest BCUT2D eigenvalue weighted by Crippen LogP contribution is -2.44. The lowest BCUT2D eigenvalue weighted by atomic mass is 9.99. The Kier molecular flexibility index (Phi) is 3.30. The van der Waals surface area contributed by atoms with E-state index in [1.165, 1.54) is 18.2 Å². The number of hydrogen-bond donors (Lipinski definition) is 0. The number of ether oxygens (including phenoxy) is 1. The second-order valence-electron chi connectivity index (χ2n) is 5.49. The van der Waals surface area contributed by atoms with Crippen LogP contribution in [0, 0.1) is 5.82 Å². The summed E-state index contributed by atoms with van der Waals surface area (Å²) in [4.78, 5) is 25.1. The van der Waals surface area contributed by atoms with Gasteiger partial charge in [-0.25, -0.2) is 14.1 Å².